The van der Waals surface area contributed by atoms with Crippen LogP contribution in [0.25, 0.3) is 16.9 Å². The topological polar surface area (TPSA) is 92.9 Å². The van der Waals surface area contributed by atoms with Crippen LogP contribution in [0.4, 0.5) is 11.6 Å². The van der Waals surface area contributed by atoms with E-state index in [0.717, 1.165) is 63.4 Å². The Hall–Kier alpha value is -3.56. The Bertz CT molecular complexity index is 1460. The van der Waals surface area contributed by atoms with Crippen molar-refractivity contribution < 1.29 is 0 Å². The molecule has 6 rings (SSSR count). The minimum atomic E-state index is -0.0603. The molecule has 0 bridgehead atoms. The number of nitrogens with one attached hydrogen (secondary N) is 2. The molecule has 1 fully saturated rings. The van der Waals surface area contributed by atoms with Crippen LogP contribution < -0.4 is 16.2 Å². The molecule has 4 heterocycles. The Kier molecular flexibility index (Phi) is 6.02. The van der Waals surface area contributed by atoms with E-state index >= 15 is 0 Å². The maximum absolute atomic E-state index is 13.4. The Morgan fingerprint density at radius 1 is 1.11 bits per heavy atom. The highest BCUT2D eigenvalue weighted by Crippen LogP contribution is 2.35. The van der Waals surface area contributed by atoms with Crippen LogP contribution >= 0.6 is 0 Å². The smallest absolute Gasteiger partial charge is 0.278 e. The van der Waals surface area contributed by atoms with Crippen molar-refractivity contribution in [1.82, 2.24) is 34.5 Å². The minimum Gasteiger partial charge on any atom is -0.324 e. The summed E-state index contributed by atoms with van der Waals surface area (Å²) in [4.78, 5) is 30.0. The van der Waals surface area contributed by atoms with E-state index in [9.17, 15) is 4.79 Å². The first-order valence-electron chi connectivity index (χ1n) is 12.9. The summed E-state index contributed by atoms with van der Waals surface area (Å²) < 4.78 is 3.71. The maximum atomic E-state index is 13.4. The number of benzene rings is 1. The molecule has 1 aliphatic heterocycles. The van der Waals surface area contributed by atoms with Crippen LogP contribution in [-0.2, 0) is 19.5 Å². The average molecular weight is 485 g/mol. The molecule has 9 nitrogen and oxygen atoms in total. The molecule has 1 aliphatic carbocycles. The van der Waals surface area contributed by atoms with Crippen molar-refractivity contribution in [2.75, 3.05) is 25.0 Å². The number of fused-ring (bicyclic) bond motifs is 2. The van der Waals surface area contributed by atoms with Gasteiger partial charge in [-0.2, -0.15) is 4.98 Å². The molecular formula is C27H32N8O. The zero-order valence-electron chi connectivity index (χ0n) is 20.9. The molecule has 0 saturated heterocycles. The van der Waals surface area contributed by atoms with Crippen LogP contribution in [0.3, 0.4) is 0 Å². The molecule has 0 unspecified atom stereocenters. The summed E-state index contributed by atoms with van der Waals surface area (Å²) in [6.07, 6.45) is 4.65. The lowest BCUT2D eigenvalue weighted by molar-refractivity contribution is 0.292. The summed E-state index contributed by atoms with van der Waals surface area (Å²) in [6, 6.07) is 12.6. The van der Waals surface area contributed by atoms with Gasteiger partial charge in [0.05, 0.1) is 11.7 Å². The van der Waals surface area contributed by atoms with Gasteiger partial charge in [0, 0.05) is 25.0 Å². The van der Waals surface area contributed by atoms with Gasteiger partial charge in [-0.25, -0.2) is 19.3 Å². The van der Waals surface area contributed by atoms with Crippen molar-refractivity contribution in [3.63, 3.8) is 0 Å². The van der Waals surface area contributed by atoms with E-state index in [2.05, 4.69) is 52.6 Å². The molecule has 0 radical (unpaired) electrons. The van der Waals surface area contributed by atoms with Gasteiger partial charge in [-0.3, -0.25) is 9.69 Å². The first-order chi connectivity index (χ1) is 17.6. The summed E-state index contributed by atoms with van der Waals surface area (Å²) in [7, 11) is 0. The third-order valence-corrected chi connectivity index (χ3v) is 7.15. The maximum Gasteiger partial charge on any atom is 0.278 e. The molecule has 1 aromatic carbocycles. The van der Waals surface area contributed by atoms with Gasteiger partial charge in [-0.05, 0) is 74.3 Å². The molecule has 3 aromatic heterocycles. The van der Waals surface area contributed by atoms with Crippen molar-refractivity contribution in [3.8, 4) is 5.82 Å². The lowest BCUT2D eigenvalue weighted by atomic mass is 10.0. The quantitative estimate of drug-likeness (QED) is 0.395. The normalized spacial score (nSPS) is 15.4. The highest BCUT2D eigenvalue weighted by Gasteiger charge is 2.31. The number of hydrogen-bond acceptors (Lipinski definition) is 7. The summed E-state index contributed by atoms with van der Waals surface area (Å²) in [6.45, 7) is 8.88. The van der Waals surface area contributed by atoms with Gasteiger partial charge >= 0.3 is 0 Å². The first-order valence-corrected chi connectivity index (χ1v) is 12.9. The zero-order chi connectivity index (χ0) is 24.6. The van der Waals surface area contributed by atoms with Crippen LogP contribution in [0.1, 0.15) is 49.6 Å². The molecule has 4 aromatic rings. The third kappa shape index (κ3) is 4.29. The van der Waals surface area contributed by atoms with E-state index in [0.29, 0.717) is 22.8 Å². The lowest BCUT2D eigenvalue weighted by Gasteiger charge is -2.18. The number of nitrogens with zero attached hydrogens (tertiary/aromatic N) is 6. The number of rotatable bonds is 8. The summed E-state index contributed by atoms with van der Waals surface area (Å²) in [5, 5.41) is 7.28. The van der Waals surface area contributed by atoms with Gasteiger partial charge in [0.15, 0.2) is 11.5 Å². The molecule has 2 N–H and O–H groups in total. The standard InChI is InChI=1S/C27H32N8O/c1-3-33(4-2)17-21-6-5-7-24(30-21)35-25-23(26(36)34(35)22-10-11-22)16-29-27(32-25)31-20-9-8-18-12-13-28-15-19(18)14-20/h5-9,14,16,22,28H,3-4,10-13,15,17H2,1-2H3,(H,29,31,32). The summed E-state index contributed by atoms with van der Waals surface area (Å²) in [5.74, 6) is 1.18. The van der Waals surface area contributed by atoms with E-state index in [1.807, 2.05) is 27.6 Å². The number of pyridine rings is 1. The van der Waals surface area contributed by atoms with Gasteiger partial charge < -0.3 is 10.6 Å². The van der Waals surface area contributed by atoms with Crippen molar-refractivity contribution in [2.24, 2.45) is 0 Å². The Balaban J connectivity index is 1.41. The zero-order valence-corrected chi connectivity index (χ0v) is 20.9. The predicted molar refractivity (Wildman–Crippen MR) is 141 cm³/mol. The second-order valence-corrected chi connectivity index (χ2v) is 9.61. The van der Waals surface area contributed by atoms with Crippen LogP contribution in [0.2, 0.25) is 0 Å². The molecule has 186 valence electrons. The average Bonchev–Trinajstić information content (AvgIpc) is 3.71. The highest BCUT2D eigenvalue weighted by atomic mass is 16.1. The number of aromatic nitrogens is 5. The molecule has 36 heavy (non-hydrogen) atoms. The van der Waals surface area contributed by atoms with E-state index in [1.54, 1.807) is 6.20 Å². The SMILES string of the molecule is CCN(CC)Cc1cccc(-n2c3nc(Nc4ccc5c(c4)CNCC5)ncc3c(=O)n2C2CC2)n1. The predicted octanol–water partition coefficient (Wildman–Crippen LogP) is 3.54. The third-order valence-electron chi connectivity index (χ3n) is 7.15. The monoisotopic (exact) mass is 484 g/mol. The molecule has 0 atom stereocenters. The Morgan fingerprint density at radius 3 is 2.78 bits per heavy atom. The van der Waals surface area contributed by atoms with Gasteiger partial charge in [0.25, 0.3) is 5.56 Å². The van der Waals surface area contributed by atoms with Crippen LogP contribution in [-0.4, -0.2) is 48.8 Å². The first kappa shape index (κ1) is 22.9. The molecular weight excluding hydrogens is 452 g/mol. The van der Waals surface area contributed by atoms with E-state index < -0.39 is 0 Å². The number of anilines is 2. The summed E-state index contributed by atoms with van der Waals surface area (Å²) >= 11 is 0. The van der Waals surface area contributed by atoms with Crippen molar-refractivity contribution in [3.05, 3.63) is 69.8 Å². The highest BCUT2D eigenvalue weighted by molar-refractivity contribution is 5.77. The van der Waals surface area contributed by atoms with Crippen molar-refractivity contribution in [2.45, 2.75) is 52.2 Å². The Labute approximate surface area is 210 Å². The van der Waals surface area contributed by atoms with Crippen LogP contribution in [0.15, 0.2) is 47.4 Å². The second-order valence-electron chi connectivity index (χ2n) is 9.61. The van der Waals surface area contributed by atoms with Gasteiger partial charge in [0.2, 0.25) is 5.95 Å². The van der Waals surface area contributed by atoms with Crippen molar-refractivity contribution in [1.29, 1.82) is 0 Å². The van der Waals surface area contributed by atoms with Crippen LogP contribution in [0.5, 0.6) is 0 Å². The largest absolute Gasteiger partial charge is 0.324 e. The minimum absolute atomic E-state index is 0.0603. The molecule has 9 heteroatoms. The molecule has 1 saturated carbocycles. The molecule has 0 spiro atoms. The van der Waals surface area contributed by atoms with Crippen molar-refractivity contribution >= 4 is 22.7 Å². The summed E-state index contributed by atoms with van der Waals surface area (Å²) in [5.41, 5.74) is 5.10. The fraction of sp³-hybridized carbons (Fsp3) is 0.407. The van der Waals surface area contributed by atoms with Gasteiger partial charge in [-0.15, -0.1) is 0 Å². The lowest BCUT2D eigenvalue weighted by Crippen LogP contribution is -2.24. The van der Waals surface area contributed by atoms with Crippen LogP contribution in [0, 0.1) is 0 Å². The fourth-order valence-electron chi connectivity index (χ4n) is 4.97. The fourth-order valence-corrected chi connectivity index (χ4v) is 4.97. The van der Waals surface area contributed by atoms with E-state index in [1.165, 1.54) is 11.1 Å². The van der Waals surface area contributed by atoms with E-state index in [-0.39, 0.29) is 11.6 Å². The van der Waals surface area contributed by atoms with E-state index in [4.69, 9.17) is 9.97 Å². The van der Waals surface area contributed by atoms with Gasteiger partial charge in [0.1, 0.15) is 5.39 Å². The molecule has 2 aliphatic rings. The number of hydrogen-bond donors (Lipinski definition) is 2. The van der Waals surface area contributed by atoms with Gasteiger partial charge in [-0.1, -0.05) is 26.0 Å². The Morgan fingerprint density at radius 2 is 1.97 bits per heavy atom. The molecule has 0 amide bonds. The second kappa shape index (κ2) is 9.48.